The summed E-state index contributed by atoms with van der Waals surface area (Å²) in [4.78, 5) is 259. The van der Waals surface area contributed by atoms with Gasteiger partial charge >= 0.3 is 123 Å². The Morgan fingerprint density at radius 2 is 0.131 bits per heavy atom. The van der Waals surface area contributed by atoms with Crippen LogP contribution in [0.25, 0.3) is 0 Å². The topological polar surface area (TPSA) is 933 Å². The third-order valence-corrected chi connectivity index (χ3v) is 0. The number of hydrogen-bond acceptors (Lipinski definition) is 12. The fourth-order valence-corrected chi connectivity index (χ4v) is 0. The molecule has 0 radical (unpaired) electrons. The van der Waals surface area contributed by atoms with Crippen LogP contribution in [0, 0.1) is 0 Å². The van der Waals surface area contributed by atoms with Gasteiger partial charge in [-0.05, 0) is 0 Å². The maximum absolute atomic E-state index is 8.88. The van der Waals surface area contributed by atoms with Crippen molar-refractivity contribution in [1.29, 1.82) is 0 Å². The summed E-state index contributed by atoms with van der Waals surface area (Å²) < 4.78 is 107. The number of rotatable bonds is 0. The van der Waals surface area contributed by atoms with Crippen molar-refractivity contribution in [3.63, 3.8) is 0 Å². The van der Waals surface area contributed by atoms with Crippen LogP contribution in [0.3, 0.4) is 0 Å². The molecule has 61 heteroatoms. The monoisotopic (exact) mass is 1200 g/mol. The summed E-state index contributed by atoms with van der Waals surface area (Å²) in [5.41, 5.74) is 0. The van der Waals surface area contributed by atoms with Crippen LogP contribution in [-0.2, 0) is 54.8 Å². The van der Waals surface area contributed by atoms with Gasteiger partial charge in [0.25, 0.3) is 0 Å². The predicted molar refractivity (Wildman–Crippen MR) is 172 cm³/mol. The zero-order valence-electron chi connectivity index (χ0n) is 28.4. The summed E-state index contributed by atoms with van der Waals surface area (Å²) in [6, 6.07) is 0. The van der Waals surface area contributed by atoms with E-state index in [9.17, 15) is 0 Å². The van der Waals surface area contributed by atoms with Crippen LogP contribution < -0.4 is 29.6 Å². The second-order valence-corrected chi connectivity index (χ2v) is 18.5. The van der Waals surface area contributed by atoms with Crippen molar-refractivity contribution in [2.45, 2.75) is 0 Å². The molecule has 0 bridgehead atoms. The molecule has 0 atom stereocenters. The molecule has 36 N–H and O–H groups in total. The van der Waals surface area contributed by atoms with E-state index in [-0.39, 0.29) is 31.0 Å². The van der Waals surface area contributed by atoms with Crippen molar-refractivity contribution in [3.05, 3.63) is 0 Å². The Labute approximate surface area is 355 Å². The Morgan fingerprint density at radius 1 is 0.131 bits per heavy atom. The van der Waals surface area contributed by atoms with E-state index in [4.69, 9.17) is 231 Å². The summed E-state index contributed by atoms with van der Waals surface area (Å²) in [7, 11) is -55.7. The molecule has 0 spiro atoms. The van der Waals surface area contributed by atoms with E-state index in [0.29, 0.717) is 0 Å². The van der Waals surface area contributed by atoms with Gasteiger partial charge in [0, 0.05) is 0 Å². The van der Waals surface area contributed by atoms with E-state index in [2.05, 4.69) is 0 Å². The first-order chi connectivity index (χ1) is 24.0. The smallest absolute Gasteiger partial charge is 1.00 e. The Bertz CT molecular complexity index is 1040. The molecular weight excluding hydrogens is 1160 g/mol. The molecule has 0 aliphatic carbocycles. The zero-order valence-corrected chi connectivity index (χ0v) is 40.1. The molecule has 0 aromatic heterocycles. The van der Waals surface area contributed by atoms with Gasteiger partial charge in [-0.1, -0.05) is 0 Å². The van der Waals surface area contributed by atoms with E-state index in [1.54, 1.807) is 0 Å². The molecule has 0 unspecified atom stereocenters. The van der Waals surface area contributed by atoms with Crippen molar-refractivity contribution in [2.24, 2.45) is 0 Å². The van der Waals surface area contributed by atoms with E-state index < -0.39 is 93.9 Å². The van der Waals surface area contributed by atoms with Crippen LogP contribution in [0.15, 0.2) is 0 Å². The average Bonchev–Trinajstić information content (AvgIpc) is 2.48. The minimum Gasteiger partial charge on any atom is -1.00 e. The van der Waals surface area contributed by atoms with Gasteiger partial charge in [-0.25, -0.2) is 54.8 Å². The van der Waals surface area contributed by atoms with Gasteiger partial charge in [0.15, 0.2) is 0 Å². The molecule has 0 rings (SSSR count). The molecule has 0 heterocycles. The van der Waals surface area contributed by atoms with E-state index in [1.165, 1.54) is 0 Å². The molecule has 0 amide bonds. The van der Waals surface area contributed by atoms with Crippen LogP contribution in [-0.4, -0.2) is 176 Å². The molecule has 0 aromatic rings. The fourth-order valence-electron chi connectivity index (χ4n) is 0. The quantitative estimate of drug-likeness (QED) is 0.0791. The van der Waals surface area contributed by atoms with Crippen molar-refractivity contribution in [2.75, 3.05) is 0 Å². The van der Waals surface area contributed by atoms with Gasteiger partial charge in [0.1, 0.15) is 0 Å². The van der Waals surface area contributed by atoms with Gasteiger partial charge < -0.3 is 178 Å². The van der Waals surface area contributed by atoms with Crippen LogP contribution in [0.2, 0.25) is 0 Å². The maximum Gasteiger partial charge on any atom is 1.00 e. The van der Waals surface area contributed by atoms with Gasteiger partial charge in [0.2, 0.25) is 0 Å². The van der Waals surface area contributed by atoms with E-state index in [1.807, 2.05) is 0 Å². The first-order valence-electron chi connectivity index (χ1n) is 9.39. The van der Waals surface area contributed by atoms with Crippen molar-refractivity contribution in [3.8, 4) is 0 Å². The normalized spacial score (nSPS) is 11.6. The van der Waals surface area contributed by atoms with E-state index >= 15 is 0 Å². The first kappa shape index (κ1) is 97.1. The molecular formula is H37NaO48P12. The first-order valence-corrected chi connectivity index (χ1v) is 28.2. The Balaban J connectivity index is -0.0000000337. The molecule has 61 heavy (non-hydrogen) atoms. The van der Waals surface area contributed by atoms with Crippen LogP contribution in [0.5, 0.6) is 0 Å². The van der Waals surface area contributed by atoms with Crippen molar-refractivity contribution < 1.29 is 262 Å². The second kappa shape index (κ2) is 42.4. The summed E-state index contributed by atoms with van der Waals surface area (Å²) in [6.07, 6.45) is 0. The van der Waals surface area contributed by atoms with E-state index in [0.717, 1.165) is 0 Å². The van der Waals surface area contributed by atoms with Crippen molar-refractivity contribution in [1.82, 2.24) is 0 Å². The molecule has 0 aliphatic rings. The SMILES string of the molecule is O=P(O)(O)O.O=P(O)(O)O.O=P(O)(O)O.O=P(O)(O)O.O=P(O)(O)O.O=P(O)(O)O.O=P(O)(O)O.O=P(O)(O)O.O=P(O)(O)O.O=P(O)(O)O.O=P(O)(O)O.O=P(O)(O)O.[H-].[Na+]. The Morgan fingerprint density at radius 3 is 0.131 bits per heavy atom. The van der Waals surface area contributed by atoms with Crippen LogP contribution in [0.4, 0.5) is 0 Å². The van der Waals surface area contributed by atoms with Gasteiger partial charge in [0.05, 0.1) is 0 Å². The maximum atomic E-state index is 8.88. The summed E-state index contributed by atoms with van der Waals surface area (Å²) in [6.45, 7) is 0. The van der Waals surface area contributed by atoms with Gasteiger partial charge in [-0.2, -0.15) is 0 Å². The molecule has 48 nitrogen and oxygen atoms in total. The van der Waals surface area contributed by atoms with Crippen LogP contribution in [0.1, 0.15) is 1.43 Å². The van der Waals surface area contributed by atoms with Crippen LogP contribution >= 0.6 is 93.9 Å². The van der Waals surface area contributed by atoms with Gasteiger partial charge in [-0.15, -0.1) is 0 Å². The molecule has 0 fully saturated rings. The molecule has 0 saturated heterocycles. The molecule has 0 saturated carbocycles. The van der Waals surface area contributed by atoms with Gasteiger partial charge in [-0.3, -0.25) is 0 Å². The summed E-state index contributed by atoms with van der Waals surface area (Å²) >= 11 is 0. The summed E-state index contributed by atoms with van der Waals surface area (Å²) in [5.74, 6) is 0. The largest absolute Gasteiger partial charge is 1.00 e. The minimum absolute atomic E-state index is 0. The second-order valence-electron chi connectivity index (χ2n) is 6.16. The standard InChI is InChI=1S/Na.12H3O4P.H/c;12*1-5(2,3)4;/h;12*(H3,1,2,3,4);/q+1;;;;;;;;;;;;;-1. The predicted octanol–water partition coefficient (Wildman–Crippen LogP) is -14.0. The van der Waals surface area contributed by atoms with Crippen molar-refractivity contribution >= 4 is 93.9 Å². The Hall–Kier alpha value is 2.32. The number of hydrogen-bond donors (Lipinski definition) is 36. The minimum atomic E-state index is -4.64. The molecule has 386 valence electrons. The zero-order chi connectivity index (χ0) is 54.0. The third-order valence-electron chi connectivity index (χ3n) is 0. The molecule has 0 aromatic carbocycles. The molecule has 0 aliphatic heterocycles. The summed E-state index contributed by atoms with van der Waals surface area (Å²) in [5, 5.41) is 0. The average molecular weight is 1200 g/mol. The Kier molecular flexibility index (Phi) is 67.5. The third kappa shape index (κ3) is 42100. The number of phosphoric acid groups is 12. The fraction of sp³-hybridized carbons (Fsp3) is 0.